The first-order valence-corrected chi connectivity index (χ1v) is 8.50. The molecule has 0 spiro atoms. The number of carbonyl (C=O) groups excluding carboxylic acids is 1. The molecule has 0 N–H and O–H groups in total. The van der Waals surface area contributed by atoms with Gasteiger partial charge in [0.15, 0.2) is 12.1 Å². The summed E-state index contributed by atoms with van der Waals surface area (Å²) in [6.07, 6.45) is 1.31. The summed E-state index contributed by atoms with van der Waals surface area (Å²) in [5.41, 5.74) is 1.05. The predicted molar refractivity (Wildman–Crippen MR) is 89.5 cm³/mol. The monoisotopic (exact) mass is 348 g/mol. The summed E-state index contributed by atoms with van der Waals surface area (Å²) in [4.78, 5) is 11.6. The van der Waals surface area contributed by atoms with Crippen molar-refractivity contribution in [2.45, 2.75) is 57.8 Å². The summed E-state index contributed by atoms with van der Waals surface area (Å²) >= 11 is 0. The predicted octanol–water partition coefficient (Wildman–Crippen LogP) is 2.57. The zero-order valence-electron chi connectivity index (χ0n) is 14.7. The number of hydrogen-bond acceptors (Lipinski definition) is 6. The third-order valence-electron chi connectivity index (χ3n) is 4.02. The number of benzene rings is 1. The summed E-state index contributed by atoms with van der Waals surface area (Å²) in [5, 5.41) is 0. The number of esters is 1. The Bertz CT molecular complexity index is 612. The fraction of sp³-hybridized carbons (Fsp3) is 0.526. The van der Waals surface area contributed by atoms with Crippen LogP contribution in [0, 0.1) is 0 Å². The van der Waals surface area contributed by atoms with Crippen LogP contribution in [0.25, 0.3) is 0 Å². The Morgan fingerprint density at radius 2 is 2.00 bits per heavy atom. The average molecular weight is 348 g/mol. The first-order valence-electron chi connectivity index (χ1n) is 8.50. The highest BCUT2D eigenvalue weighted by molar-refractivity contribution is 5.81. The van der Waals surface area contributed by atoms with Gasteiger partial charge in [-0.2, -0.15) is 0 Å². The Kier molecular flexibility index (Phi) is 5.54. The van der Waals surface area contributed by atoms with E-state index in [0.717, 1.165) is 5.56 Å². The van der Waals surface area contributed by atoms with Crippen LogP contribution in [0.4, 0.5) is 0 Å². The van der Waals surface area contributed by atoms with E-state index in [4.69, 9.17) is 23.7 Å². The van der Waals surface area contributed by atoms with Gasteiger partial charge in [0.05, 0.1) is 13.2 Å². The van der Waals surface area contributed by atoms with Crippen molar-refractivity contribution in [3.05, 3.63) is 48.0 Å². The van der Waals surface area contributed by atoms with E-state index in [1.165, 1.54) is 6.08 Å². The third kappa shape index (κ3) is 4.46. The molecule has 3 rings (SSSR count). The van der Waals surface area contributed by atoms with Crippen molar-refractivity contribution in [2.24, 2.45) is 0 Å². The molecule has 6 nitrogen and oxygen atoms in total. The molecule has 25 heavy (non-hydrogen) atoms. The smallest absolute Gasteiger partial charge is 0.330 e. The topological polar surface area (TPSA) is 63.2 Å². The maximum absolute atomic E-state index is 11.6. The van der Waals surface area contributed by atoms with Crippen LogP contribution >= 0.6 is 0 Å². The second-order valence-electron chi connectivity index (χ2n) is 6.44. The third-order valence-corrected chi connectivity index (χ3v) is 4.02. The maximum Gasteiger partial charge on any atom is 0.330 e. The molecule has 2 saturated heterocycles. The minimum absolute atomic E-state index is 0.328. The Labute approximate surface area is 147 Å². The van der Waals surface area contributed by atoms with E-state index in [9.17, 15) is 4.79 Å². The normalized spacial score (nSPS) is 30.5. The van der Waals surface area contributed by atoms with Gasteiger partial charge in [-0.1, -0.05) is 30.3 Å². The van der Waals surface area contributed by atoms with Gasteiger partial charge in [0, 0.05) is 6.08 Å². The largest absolute Gasteiger partial charge is 0.463 e. The van der Waals surface area contributed by atoms with E-state index in [1.54, 1.807) is 13.0 Å². The number of hydrogen-bond donors (Lipinski definition) is 0. The SMILES string of the molecule is CCOC(=O)/C=C/[C@H]1O[C@@H]2OC(C)(C)O[C@@H]2[C@H]1OCc1ccccc1. The van der Waals surface area contributed by atoms with Gasteiger partial charge >= 0.3 is 5.97 Å². The molecule has 1 aromatic rings. The van der Waals surface area contributed by atoms with Gasteiger partial charge in [-0.15, -0.1) is 0 Å². The quantitative estimate of drug-likeness (QED) is 0.582. The summed E-state index contributed by atoms with van der Waals surface area (Å²) in [6, 6.07) is 9.87. The molecule has 0 bridgehead atoms. The van der Waals surface area contributed by atoms with Crippen molar-refractivity contribution in [3.8, 4) is 0 Å². The van der Waals surface area contributed by atoms with Crippen molar-refractivity contribution in [3.63, 3.8) is 0 Å². The lowest BCUT2D eigenvalue weighted by molar-refractivity contribution is -0.213. The fourth-order valence-electron chi connectivity index (χ4n) is 2.98. The van der Waals surface area contributed by atoms with Gasteiger partial charge in [0.1, 0.15) is 18.3 Å². The molecule has 1 aromatic carbocycles. The van der Waals surface area contributed by atoms with Crippen molar-refractivity contribution < 1.29 is 28.5 Å². The molecule has 136 valence electrons. The van der Waals surface area contributed by atoms with Crippen LogP contribution in [0.15, 0.2) is 42.5 Å². The van der Waals surface area contributed by atoms with E-state index < -0.39 is 24.2 Å². The number of carbonyl (C=O) groups is 1. The summed E-state index contributed by atoms with van der Waals surface area (Å²) < 4.78 is 28.6. The Hall–Kier alpha value is -1.73. The average Bonchev–Trinajstić information content (AvgIpc) is 3.03. The molecule has 2 aliphatic heterocycles. The highest BCUT2D eigenvalue weighted by Gasteiger charge is 2.54. The molecule has 2 heterocycles. The highest BCUT2D eigenvalue weighted by atomic mass is 16.8. The summed E-state index contributed by atoms with van der Waals surface area (Å²) in [6.45, 7) is 6.19. The molecule has 0 aliphatic carbocycles. The number of rotatable bonds is 6. The molecule has 0 saturated carbocycles. The first-order chi connectivity index (χ1) is 12.0. The van der Waals surface area contributed by atoms with Gasteiger partial charge in [0.2, 0.25) is 0 Å². The van der Waals surface area contributed by atoms with Gasteiger partial charge in [-0.3, -0.25) is 0 Å². The molecular weight excluding hydrogens is 324 g/mol. The minimum Gasteiger partial charge on any atom is -0.463 e. The van der Waals surface area contributed by atoms with E-state index >= 15 is 0 Å². The molecule has 4 atom stereocenters. The van der Waals surface area contributed by atoms with Crippen LogP contribution in [-0.2, 0) is 35.1 Å². The van der Waals surface area contributed by atoms with Crippen LogP contribution in [0.2, 0.25) is 0 Å². The Balaban J connectivity index is 1.69. The molecule has 0 unspecified atom stereocenters. The van der Waals surface area contributed by atoms with E-state index in [0.29, 0.717) is 13.2 Å². The van der Waals surface area contributed by atoms with Gasteiger partial charge in [-0.05, 0) is 32.4 Å². The molecule has 0 radical (unpaired) electrons. The molecular formula is C19H24O6. The Morgan fingerprint density at radius 1 is 1.24 bits per heavy atom. The highest BCUT2D eigenvalue weighted by Crippen LogP contribution is 2.39. The maximum atomic E-state index is 11.6. The Morgan fingerprint density at radius 3 is 2.72 bits per heavy atom. The van der Waals surface area contributed by atoms with Crippen LogP contribution < -0.4 is 0 Å². The second kappa shape index (κ2) is 7.66. The van der Waals surface area contributed by atoms with Crippen molar-refractivity contribution in [1.29, 1.82) is 0 Å². The molecule has 2 fully saturated rings. The number of fused-ring (bicyclic) bond motifs is 1. The first kappa shape index (κ1) is 18.1. The van der Waals surface area contributed by atoms with Crippen molar-refractivity contribution in [1.82, 2.24) is 0 Å². The lowest BCUT2D eigenvalue weighted by Crippen LogP contribution is -2.36. The van der Waals surface area contributed by atoms with Crippen LogP contribution in [0.1, 0.15) is 26.3 Å². The van der Waals surface area contributed by atoms with Crippen molar-refractivity contribution in [2.75, 3.05) is 6.61 Å². The lowest BCUT2D eigenvalue weighted by Gasteiger charge is -2.24. The molecule has 0 amide bonds. The van der Waals surface area contributed by atoms with Crippen LogP contribution in [0.3, 0.4) is 0 Å². The zero-order chi connectivity index (χ0) is 17.9. The van der Waals surface area contributed by atoms with Crippen molar-refractivity contribution >= 4 is 5.97 Å². The second-order valence-corrected chi connectivity index (χ2v) is 6.44. The lowest BCUT2D eigenvalue weighted by atomic mass is 10.1. The summed E-state index contributed by atoms with van der Waals surface area (Å²) in [5.74, 6) is -1.13. The van der Waals surface area contributed by atoms with Gasteiger partial charge in [-0.25, -0.2) is 4.79 Å². The molecule has 0 aromatic heterocycles. The summed E-state index contributed by atoms with van der Waals surface area (Å²) in [7, 11) is 0. The number of ether oxygens (including phenoxy) is 5. The van der Waals surface area contributed by atoms with E-state index in [2.05, 4.69) is 0 Å². The zero-order valence-corrected chi connectivity index (χ0v) is 14.7. The minimum atomic E-state index is -0.723. The molecule has 6 heteroatoms. The van der Waals surface area contributed by atoms with E-state index in [-0.39, 0.29) is 12.2 Å². The van der Waals surface area contributed by atoms with E-state index in [1.807, 2.05) is 44.2 Å². The van der Waals surface area contributed by atoms with Gasteiger partial charge in [0.25, 0.3) is 0 Å². The fourth-order valence-corrected chi connectivity index (χ4v) is 2.98. The standard InChI is InChI=1S/C19H24O6/c1-4-21-15(20)11-10-14-16(22-12-13-8-6-5-7-9-13)17-18(23-14)25-19(2,3)24-17/h5-11,14,16-18H,4,12H2,1-3H3/b11-10+/t14-,16+,17-,18-/m1/s1. The van der Waals surface area contributed by atoms with Crippen LogP contribution in [-0.4, -0.2) is 43.0 Å². The van der Waals surface area contributed by atoms with Crippen LogP contribution in [0.5, 0.6) is 0 Å². The van der Waals surface area contributed by atoms with Gasteiger partial charge < -0.3 is 23.7 Å². The molecule has 2 aliphatic rings.